The molecule has 0 aromatic rings. The van der Waals surface area contributed by atoms with Crippen molar-refractivity contribution in [1.82, 2.24) is 0 Å². The van der Waals surface area contributed by atoms with Crippen LogP contribution in [0.1, 0.15) is 85.0 Å². The minimum atomic E-state index is -0.295. The highest BCUT2D eigenvalue weighted by atomic mass is 16.6. The SMILES string of the molecule is C=C(C)C(=O)OC12CC3CC(C1)CC(OC1(C(C)C)CCCC1)(C3)C2. The molecule has 0 N–H and O–H groups in total. The van der Waals surface area contributed by atoms with E-state index in [1.54, 1.807) is 6.92 Å². The maximum absolute atomic E-state index is 12.3. The van der Waals surface area contributed by atoms with E-state index in [0.29, 0.717) is 23.3 Å². The third-order valence-electron chi connectivity index (χ3n) is 7.53. The first-order chi connectivity index (χ1) is 11.8. The van der Waals surface area contributed by atoms with Crippen LogP contribution < -0.4 is 0 Å². The Kier molecular flexibility index (Phi) is 4.10. The molecule has 5 fully saturated rings. The number of hydrogen-bond acceptors (Lipinski definition) is 3. The molecule has 3 nitrogen and oxygen atoms in total. The monoisotopic (exact) mass is 346 g/mol. The van der Waals surface area contributed by atoms with Gasteiger partial charge in [0.05, 0.1) is 11.2 Å². The van der Waals surface area contributed by atoms with E-state index in [0.717, 1.165) is 19.3 Å². The van der Waals surface area contributed by atoms with E-state index in [9.17, 15) is 4.79 Å². The van der Waals surface area contributed by atoms with Crippen molar-refractivity contribution in [2.24, 2.45) is 17.8 Å². The Bertz CT molecular complexity index is 556. The summed E-state index contributed by atoms with van der Waals surface area (Å²) in [5.74, 6) is 1.66. The summed E-state index contributed by atoms with van der Waals surface area (Å²) in [5.41, 5.74) is 0.205. The van der Waals surface area contributed by atoms with Gasteiger partial charge >= 0.3 is 5.97 Å². The largest absolute Gasteiger partial charge is 0.456 e. The predicted molar refractivity (Wildman–Crippen MR) is 98.2 cm³/mol. The third-order valence-corrected chi connectivity index (χ3v) is 7.53. The molecule has 2 unspecified atom stereocenters. The summed E-state index contributed by atoms with van der Waals surface area (Å²) < 4.78 is 13.2. The van der Waals surface area contributed by atoms with Gasteiger partial charge in [0.15, 0.2) is 0 Å². The molecule has 0 saturated heterocycles. The topological polar surface area (TPSA) is 35.5 Å². The van der Waals surface area contributed by atoms with Gasteiger partial charge in [0.1, 0.15) is 5.60 Å². The lowest BCUT2D eigenvalue weighted by Crippen LogP contribution is -2.63. The van der Waals surface area contributed by atoms with Crippen molar-refractivity contribution in [3.8, 4) is 0 Å². The fraction of sp³-hybridized carbons (Fsp3) is 0.864. The highest BCUT2D eigenvalue weighted by molar-refractivity contribution is 5.87. The fourth-order valence-electron chi connectivity index (χ4n) is 6.82. The van der Waals surface area contributed by atoms with Crippen LogP contribution in [-0.4, -0.2) is 22.8 Å². The number of carbonyl (C=O) groups excluding carboxylic acids is 1. The van der Waals surface area contributed by atoms with Gasteiger partial charge in [0.2, 0.25) is 0 Å². The lowest BCUT2D eigenvalue weighted by molar-refractivity contribution is -0.271. The Hall–Kier alpha value is -0.830. The van der Waals surface area contributed by atoms with Crippen LogP contribution in [0.4, 0.5) is 0 Å². The molecule has 0 aromatic heterocycles. The van der Waals surface area contributed by atoms with E-state index in [-0.39, 0.29) is 22.8 Å². The molecule has 0 radical (unpaired) electrons. The number of carbonyl (C=O) groups is 1. The Balaban J connectivity index is 1.60. The second kappa shape index (κ2) is 5.84. The van der Waals surface area contributed by atoms with E-state index in [4.69, 9.17) is 9.47 Å². The Morgan fingerprint density at radius 2 is 1.60 bits per heavy atom. The van der Waals surface area contributed by atoms with Gasteiger partial charge in [-0.3, -0.25) is 0 Å². The minimum absolute atomic E-state index is 0.0468. The zero-order chi connectivity index (χ0) is 17.9. The second-order valence-corrected chi connectivity index (χ2v) is 10.0. The molecule has 140 valence electrons. The maximum atomic E-state index is 12.3. The Labute approximate surface area is 152 Å². The fourth-order valence-corrected chi connectivity index (χ4v) is 6.82. The van der Waals surface area contributed by atoms with Gasteiger partial charge in [-0.1, -0.05) is 33.3 Å². The van der Waals surface area contributed by atoms with E-state index in [2.05, 4.69) is 20.4 Å². The maximum Gasteiger partial charge on any atom is 0.333 e. The van der Waals surface area contributed by atoms with Crippen molar-refractivity contribution < 1.29 is 14.3 Å². The molecule has 0 aromatic carbocycles. The van der Waals surface area contributed by atoms with Crippen molar-refractivity contribution in [1.29, 1.82) is 0 Å². The number of esters is 1. The van der Waals surface area contributed by atoms with E-state index in [1.807, 2.05) is 0 Å². The predicted octanol–water partition coefficient (Wildman–Crippen LogP) is 5.18. The van der Waals surface area contributed by atoms with Crippen LogP contribution in [0.3, 0.4) is 0 Å². The molecule has 5 aliphatic carbocycles. The molecule has 5 saturated carbocycles. The molecule has 0 amide bonds. The molecule has 5 aliphatic rings. The first kappa shape index (κ1) is 17.6. The number of ether oxygens (including phenoxy) is 2. The van der Waals surface area contributed by atoms with Crippen LogP contribution in [-0.2, 0) is 14.3 Å². The molecular formula is C22H34O3. The summed E-state index contributed by atoms with van der Waals surface area (Å²) in [4.78, 5) is 12.3. The van der Waals surface area contributed by atoms with Crippen LogP contribution in [0.25, 0.3) is 0 Å². The summed E-state index contributed by atoms with van der Waals surface area (Å²) in [6.07, 6.45) is 11.6. The Morgan fingerprint density at radius 3 is 2.12 bits per heavy atom. The molecule has 2 atom stereocenters. The smallest absolute Gasteiger partial charge is 0.333 e. The van der Waals surface area contributed by atoms with Gasteiger partial charge in [-0.2, -0.15) is 0 Å². The number of rotatable bonds is 5. The molecule has 4 bridgehead atoms. The van der Waals surface area contributed by atoms with Crippen molar-refractivity contribution >= 4 is 5.97 Å². The summed E-state index contributed by atoms with van der Waals surface area (Å²) in [6.45, 7) is 10.2. The van der Waals surface area contributed by atoms with Crippen molar-refractivity contribution in [2.75, 3.05) is 0 Å². The van der Waals surface area contributed by atoms with E-state index in [1.165, 1.54) is 44.9 Å². The van der Waals surface area contributed by atoms with Crippen molar-refractivity contribution in [3.05, 3.63) is 12.2 Å². The molecule has 25 heavy (non-hydrogen) atoms. The molecule has 0 spiro atoms. The molecule has 0 heterocycles. The van der Waals surface area contributed by atoms with Gasteiger partial charge in [0, 0.05) is 12.0 Å². The van der Waals surface area contributed by atoms with Crippen LogP contribution in [0.15, 0.2) is 12.2 Å². The first-order valence-corrected chi connectivity index (χ1v) is 10.3. The van der Waals surface area contributed by atoms with Crippen LogP contribution >= 0.6 is 0 Å². The zero-order valence-electron chi connectivity index (χ0n) is 16.2. The average Bonchev–Trinajstić information content (AvgIpc) is 2.94. The second-order valence-electron chi connectivity index (χ2n) is 10.0. The third kappa shape index (κ3) is 2.97. The van der Waals surface area contributed by atoms with Crippen LogP contribution in [0.2, 0.25) is 0 Å². The zero-order valence-corrected chi connectivity index (χ0v) is 16.2. The molecule has 3 heteroatoms. The summed E-state index contributed by atoms with van der Waals surface area (Å²) in [6, 6.07) is 0. The lowest BCUT2D eigenvalue weighted by atomic mass is 9.52. The normalized spacial score (nSPS) is 41.3. The number of hydrogen-bond donors (Lipinski definition) is 0. The summed E-state index contributed by atoms with van der Waals surface area (Å²) >= 11 is 0. The molecule has 5 rings (SSSR count). The summed E-state index contributed by atoms with van der Waals surface area (Å²) in [7, 11) is 0. The highest BCUT2D eigenvalue weighted by Crippen LogP contribution is 2.62. The van der Waals surface area contributed by atoms with E-state index < -0.39 is 0 Å². The first-order valence-electron chi connectivity index (χ1n) is 10.3. The minimum Gasteiger partial charge on any atom is -0.456 e. The van der Waals surface area contributed by atoms with Gasteiger partial charge in [-0.15, -0.1) is 0 Å². The van der Waals surface area contributed by atoms with Gasteiger partial charge in [-0.05, 0) is 69.6 Å². The van der Waals surface area contributed by atoms with Gasteiger partial charge in [0.25, 0.3) is 0 Å². The van der Waals surface area contributed by atoms with Crippen molar-refractivity contribution in [2.45, 2.75) is 102 Å². The Morgan fingerprint density at radius 1 is 1.04 bits per heavy atom. The average molecular weight is 347 g/mol. The highest BCUT2D eigenvalue weighted by Gasteiger charge is 2.62. The van der Waals surface area contributed by atoms with Crippen LogP contribution in [0, 0.1) is 17.8 Å². The summed E-state index contributed by atoms with van der Waals surface area (Å²) in [5, 5.41) is 0. The standard InChI is InChI=1S/C22H34O3/c1-15(2)19(23)24-20-10-17-9-18(11-20)13-21(12-17,14-20)25-22(16(3)4)7-5-6-8-22/h16-18H,1,5-14H2,2-4H3. The van der Waals surface area contributed by atoms with E-state index >= 15 is 0 Å². The lowest BCUT2D eigenvalue weighted by Gasteiger charge is -2.62. The van der Waals surface area contributed by atoms with Crippen molar-refractivity contribution in [3.63, 3.8) is 0 Å². The quantitative estimate of drug-likeness (QED) is 0.508. The molecular weight excluding hydrogens is 312 g/mol. The van der Waals surface area contributed by atoms with Crippen LogP contribution in [0.5, 0.6) is 0 Å². The molecule has 0 aliphatic heterocycles. The van der Waals surface area contributed by atoms with Gasteiger partial charge in [-0.25, -0.2) is 4.79 Å². The van der Waals surface area contributed by atoms with Gasteiger partial charge < -0.3 is 9.47 Å².